The van der Waals surface area contributed by atoms with E-state index < -0.39 is 43.9 Å². The molecule has 1 aromatic heterocycles. The normalized spacial score (nSPS) is 14.7. The molecule has 0 saturated carbocycles. The highest BCUT2D eigenvalue weighted by atomic mass is 32.2. The van der Waals surface area contributed by atoms with Crippen LogP contribution in [0.15, 0.2) is 41.3 Å². The van der Waals surface area contributed by atoms with Crippen molar-refractivity contribution in [2.75, 3.05) is 36.2 Å². The zero-order valence-corrected chi connectivity index (χ0v) is 21.9. The summed E-state index contributed by atoms with van der Waals surface area (Å²) in [6.45, 7) is 2.71. The van der Waals surface area contributed by atoms with Crippen LogP contribution in [0.1, 0.15) is 35.5 Å². The number of benzene rings is 2. The number of aromatic amines is 1. The Morgan fingerprint density at radius 1 is 1.13 bits per heavy atom. The number of fused-ring (bicyclic) bond motifs is 1. The van der Waals surface area contributed by atoms with Gasteiger partial charge in [0.25, 0.3) is 5.91 Å². The molecule has 4 rings (SSSR count). The zero-order chi connectivity index (χ0) is 28.0. The van der Waals surface area contributed by atoms with Crippen LogP contribution < -0.4 is 21.3 Å². The third-order valence-corrected chi connectivity index (χ3v) is 8.28. The minimum atomic E-state index is -4.33. The Balaban J connectivity index is 1.66. The van der Waals surface area contributed by atoms with Crippen LogP contribution in [-0.2, 0) is 26.9 Å². The summed E-state index contributed by atoms with van der Waals surface area (Å²) in [6.07, 6.45) is 0. The molecule has 0 saturated heterocycles. The smallest absolute Gasteiger partial charge is 0.258 e. The van der Waals surface area contributed by atoms with Crippen LogP contribution in [0, 0.1) is 11.6 Å². The van der Waals surface area contributed by atoms with Gasteiger partial charge in [0.2, 0.25) is 15.9 Å². The minimum absolute atomic E-state index is 0.0778. The van der Waals surface area contributed by atoms with Gasteiger partial charge < -0.3 is 21.3 Å². The lowest BCUT2D eigenvalue weighted by molar-refractivity contribution is -0.114. The molecule has 0 radical (unpaired) electrons. The number of halogens is 2. The first kappa shape index (κ1) is 27.2. The number of nitrogens with two attached hydrogens (primary N) is 1. The van der Waals surface area contributed by atoms with Crippen molar-refractivity contribution in [3.05, 3.63) is 64.9 Å². The topological polar surface area (TPSA) is 154 Å². The van der Waals surface area contributed by atoms with Crippen molar-refractivity contribution in [3.63, 3.8) is 0 Å². The molecule has 2 heterocycles. The van der Waals surface area contributed by atoms with E-state index in [4.69, 9.17) is 5.73 Å². The van der Waals surface area contributed by atoms with Gasteiger partial charge in [0.15, 0.2) is 5.82 Å². The number of carbonyl (C=O) groups is 2. The maximum absolute atomic E-state index is 13.8. The molecule has 2 aromatic carbocycles. The summed E-state index contributed by atoms with van der Waals surface area (Å²) >= 11 is 0. The number of aromatic nitrogens is 2. The quantitative estimate of drug-likeness (QED) is 0.354. The summed E-state index contributed by atoms with van der Waals surface area (Å²) in [7, 11) is -0.730. The van der Waals surface area contributed by atoms with Gasteiger partial charge in [-0.15, -0.1) is 0 Å². The number of rotatable bonds is 7. The minimum Gasteiger partial charge on any atom is -0.378 e. The molecular formula is C24H27F2N7O4S. The van der Waals surface area contributed by atoms with Gasteiger partial charge in [-0.2, -0.15) is 9.40 Å². The summed E-state index contributed by atoms with van der Waals surface area (Å²) in [6, 6.07) is 6.92. The van der Waals surface area contributed by atoms with Crippen molar-refractivity contribution in [3.8, 4) is 0 Å². The van der Waals surface area contributed by atoms with Gasteiger partial charge in [-0.3, -0.25) is 14.7 Å². The summed E-state index contributed by atoms with van der Waals surface area (Å²) in [5, 5.41) is 12.2. The molecule has 0 unspecified atom stereocenters. The van der Waals surface area contributed by atoms with Gasteiger partial charge in [0.05, 0.1) is 33.9 Å². The zero-order valence-electron chi connectivity index (χ0n) is 21.1. The molecule has 202 valence electrons. The van der Waals surface area contributed by atoms with Crippen LogP contribution in [0.25, 0.3) is 0 Å². The van der Waals surface area contributed by atoms with Crippen molar-refractivity contribution in [2.45, 2.75) is 30.8 Å². The molecule has 2 amide bonds. The Labute approximate surface area is 218 Å². The van der Waals surface area contributed by atoms with Gasteiger partial charge in [-0.1, -0.05) is 0 Å². The van der Waals surface area contributed by atoms with Crippen LogP contribution in [0.5, 0.6) is 0 Å². The molecule has 5 N–H and O–H groups in total. The second-order valence-corrected chi connectivity index (χ2v) is 11.3. The van der Waals surface area contributed by atoms with Gasteiger partial charge in [-0.25, -0.2) is 17.2 Å². The van der Waals surface area contributed by atoms with Gasteiger partial charge in [-0.05, 0) is 44.2 Å². The molecule has 0 aliphatic carbocycles. The Kier molecular flexibility index (Phi) is 6.99. The van der Waals surface area contributed by atoms with E-state index in [1.165, 1.54) is 6.07 Å². The Hall–Kier alpha value is -3.88. The van der Waals surface area contributed by atoms with Crippen LogP contribution in [-0.4, -0.2) is 55.4 Å². The predicted octanol–water partition coefficient (Wildman–Crippen LogP) is 2.34. The molecule has 38 heavy (non-hydrogen) atoms. The van der Waals surface area contributed by atoms with Crippen LogP contribution >= 0.6 is 0 Å². The first-order chi connectivity index (χ1) is 17.7. The fourth-order valence-electron chi connectivity index (χ4n) is 4.27. The highest BCUT2D eigenvalue weighted by Crippen LogP contribution is 2.44. The predicted molar refractivity (Wildman–Crippen MR) is 137 cm³/mol. The fraction of sp³-hybridized carbons (Fsp3) is 0.292. The average Bonchev–Trinajstić information content (AvgIpc) is 3.36. The number of hydrogen-bond acceptors (Lipinski definition) is 7. The van der Waals surface area contributed by atoms with Crippen molar-refractivity contribution in [1.29, 1.82) is 0 Å². The highest BCUT2D eigenvalue weighted by Gasteiger charge is 2.48. The molecule has 1 aliphatic rings. The maximum Gasteiger partial charge on any atom is 0.258 e. The highest BCUT2D eigenvalue weighted by molar-refractivity contribution is 7.89. The van der Waals surface area contributed by atoms with E-state index in [0.29, 0.717) is 17.3 Å². The Bertz CT molecular complexity index is 1520. The molecule has 1 aliphatic heterocycles. The third kappa shape index (κ3) is 4.85. The molecule has 0 bridgehead atoms. The van der Waals surface area contributed by atoms with E-state index in [1.54, 1.807) is 45.0 Å². The third-order valence-electron chi connectivity index (χ3n) is 6.28. The lowest BCUT2D eigenvalue weighted by Gasteiger charge is -2.30. The fourth-order valence-corrected chi connectivity index (χ4v) is 6.04. The molecule has 11 nitrogen and oxygen atoms in total. The number of carbonyl (C=O) groups excluding carboxylic acids is 2. The summed E-state index contributed by atoms with van der Waals surface area (Å²) in [5.41, 5.74) is 6.12. The van der Waals surface area contributed by atoms with E-state index in [2.05, 4.69) is 20.8 Å². The standard InChI is InChI=1S/C24H27F2N7O4S/c1-24(2)21-18(12-33(24)38(36,37)16-8-13(25)7-14(26)9-16)22(31-30-21)29-23(35)17-6-5-15(32(3)4)10-19(17)28-20(34)11-27/h5-10H,11-12,27H2,1-4H3,(H,28,34)(H2,29,30,31,35). The molecule has 0 fully saturated rings. The second-order valence-electron chi connectivity index (χ2n) is 9.43. The van der Waals surface area contributed by atoms with Crippen LogP contribution in [0.4, 0.5) is 26.0 Å². The summed E-state index contributed by atoms with van der Waals surface area (Å²) < 4.78 is 55.4. The molecular weight excluding hydrogens is 520 g/mol. The number of amides is 2. The van der Waals surface area contributed by atoms with E-state index >= 15 is 0 Å². The first-order valence-corrected chi connectivity index (χ1v) is 12.9. The van der Waals surface area contributed by atoms with Crippen molar-refractivity contribution in [2.24, 2.45) is 5.73 Å². The lowest BCUT2D eigenvalue weighted by Crippen LogP contribution is -2.40. The Morgan fingerprint density at radius 2 is 1.79 bits per heavy atom. The monoisotopic (exact) mass is 547 g/mol. The molecule has 0 spiro atoms. The van der Waals surface area contributed by atoms with E-state index in [0.717, 1.165) is 22.1 Å². The first-order valence-electron chi connectivity index (χ1n) is 11.4. The number of nitrogens with zero attached hydrogens (tertiary/aromatic N) is 3. The number of sulfonamides is 1. The number of nitrogens with one attached hydrogen (secondary N) is 3. The van der Waals surface area contributed by atoms with Gasteiger partial charge >= 0.3 is 0 Å². The van der Waals surface area contributed by atoms with Crippen molar-refractivity contribution < 1.29 is 26.8 Å². The van der Waals surface area contributed by atoms with Crippen LogP contribution in [0.2, 0.25) is 0 Å². The van der Waals surface area contributed by atoms with Gasteiger partial charge in [0.1, 0.15) is 11.6 Å². The van der Waals surface area contributed by atoms with E-state index in [9.17, 15) is 26.8 Å². The summed E-state index contributed by atoms with van der Waals surface area (Å²) in [5.74, 6) is -3.07. The van der Waals surface area contributed by atoms with E-state index in [-0.39, 0.29) is 30.2 Å². The lowest BCUT2D eigenvalue weighted by atomic mass is 10.0. The molecule has 14 heteroatoms. The molecule has 0 atom stereocenters. The largest absolute Gasteiger partial charge is 0.378 e. The van der Waals surface area contributed by atoms with Crippen molar-refractivity contribution >= 4 is 39.0 Å². The second kappa shape index (κ2) is 9.78. The molecule has 3 aromatic rings. The number of H-pyrrole nitrogens is 1. The maximum atomic E-state index is 13.8. The summed E-state index contributed by atoms with van der Waals surface area (Å²) in [4.78, 5) is 26.5. The van der Waals surface area contributed by atoms with Gasteiger partial charge in [0, 0.05) is 38.0 Å². The van der Waals surface area contributed by atoms with Crippen molar-refractivity contribution in [1.82, 2.24) is 14.5 Å². The SMILES string of the molecule is CN(C)c1ccc(C(=O)Nc2n[nH]c3c2CN(S(=O)(=O)c2cc(F)cc(F)c2)C3(C)C)c(NC(=O)CN)c1. The van der Waals surface area contributed by atoms with Crippen LogP contribution in [0.3, 0.4) is 0 Å². The number of anilines is 3. The average molecular weight is 548 g/mol. The Morgan fingerprint density at radius 3 is 2.39 bits per heavy atom. The van der Waals surface area contributed by atoms with E-state index in [1.807, 2.05) is 0 Å². The number of hydrogen-bond donors (Lipinski definition) is 4.